The molecule has 3 heterocycles. The first-order valence-electron chi connectivity index (χ1n) is 8.58. The standard InChI is InChI=1S/C19H17N5O2S2/c1-13-6-8-14(9-7-13)18(15-4-2-10-27-15)20-16(25)12-23-19(26)24(22-21-23)17-5-3-11-28-17/h2-11,18H,12H2,1H3,(H,20,25)/t18-/m1/s1. The van der Waals surface area contributed by atoms with Crippen molar-refractivity contribution in [3.8, 4) is 5.00 Å². The topological polar surface area (TPSA) is 81.8 Å². The molecule has 0 aliphatic heterocycles. The van der Waals surface area contributed by atoms with Crippen LogP contribution in [0.2, 0.25) is 0 Å². The fourth-order valence-corrected chi connectivity index (χ4v) is 4.25. The van der Waals surface area contributed by atoms with E-state index in [4.69, 9.17) is 0 Å². The van der Waals surface area contributed by atoms with E-state index >= 15 is 0 Å². The van der Waals surface area contributed by atoms with E-state index in [0.717, 1.165) is 20.7 Å². The van der Waals surface area contributed by atoms with Crippen LogP contribution in [0.3, 0.4) is 0 Å². The number of hydrogen-bond acceptors (Lipinski definition) is 6. The zero-order chi connectivity index (χ0) is 19.5. The third kappa shape index (κ3) is 3.80. The van der Waals surface area contributed by atoms with Gasteiger partial charge in [0.1, 0.15) is 11.5 Å². The molecule has 28 heavy (non-hydrogen) atoms. The van der Waals surface area contributed by atoms with Crippen molar-refractivity contribution in [3.05, 3.63) is 85.8 Å². The van der Waals surface area contributed by atoms with Gasteiger partial charge < -0.3 is 5.32 Å². The quantitative estimate of drug-likeness (QED) is 0.529. The molecule has 0 unspecified atom stereocenters. The van der Waals surface area contributed by atoms with Crippen molar-refractivity contribution in [2.75, 3.05) is 0 Å². The molecule has 0 radical (unpaired) electrons. The van der Waals surface area contributed by atoms with Crippen LogP contribution < -0.4 is 11.0 Å². The van der Waals surface area contributed by atoms with E-state index in [-0.39, 0.29) is 18.5 Å². The fraction of sp³-hybridized carbons (Fsp3) is 0.158. The van der Waals surface area contributed by atoms with E-state index in [2.05, 4.69) is 15.7 Å². The SMILES string of the molecule is Cc1ccc([C@@H](NC(=O)Cn2nnn(-c3cccs3)c2=O)c2cccs2)cc1. The summed E-state index contributed by atoms with van der Waals surface area (Å²) in [6.07, 6.45) is 0. The number of aromatic nitrogens is 4. The molecule has 4 aromatic rings. The number of carbonyl (C=O) groups is 1. The van der Waals surface area contributed by atoms with Crippen molar-refractivity contribution in [1.82, 2.24) is 25.1 Å². The van der Waals surface area contributed by atoms with Gasteiger partial charge in [-0.3, -0.25) is 4.79 Å². The van der Waals surface area contributed by atoms with Crippen LogP contribution in [0.4, 0.5) is 0 Å². The minimum atomic E-state index is -0.444. The predicted molar refractivity (Wildman–Crippen MR) is 109 cm³/mol. The van der Waals surface area contributed by atoms with Crippen LogP contribution in [-0.4, -0.2) is 25.7 Å². The summed E-state index contributed by atoms with van der Waals surface area (Å²) >= 11 is 2.95. The van der Waals surface area contributed by atoms with E-state index in [1.54, 1.807) is 17.4 Å². The largest absolute Gasteiger partial charge is 0.369 e. The summed E-state index contributed by atoms with van der Waals surface area (Å²) in [6, 6.07) is 15.3. The van der Waals surface area contributed by atoms with Crippen molar-refractivity contribution in [2.24, 2.45) is 0 Å². The highest BCUT2D eigenvalue weighted by molar-refractivity contribution is 7.12. The first-order chi connectivity index (χ1) is 13.6. The van der Waals surface area contributed by atoms with Crippen LogP contribution in [0.25, 0.3) is 5.00 Å². The van der Waals surface area contributed by atoms with Crippen LogP contribution in [0.15, 0.2) is 64.1 Å². The van der Waals surface area contributed by atoms with Gasteiger partial charge >= 0.3 is 5.69 Å². The zero-order valence-electron chi connectivity index (χ0n) is 15.0. The van der Waals surface area contributed by atoms with E-state index < -0.39 is 5.69 Å². The van der Waals surface area contributed by atoms with Gasteiger partial charge in [0.25, 0.3) is 0 Å². The Kier molecular flexibility index (Phi) is 5.18. The number of nitrogens with one attached hydrogen (secondary N) is 1. The highest BCUT2D eigenvalue weighted by atomic mass is 32.1. The Balaban J connectivity index is 1.54. The third-order valence-corrected chi connectivity index (χ3v) is 5.97. The molecular weight excluding hydrogens is 394 g/mol. The third-order valence-electron chi connectivity index (χ3n) is 4.19. The van der Waals surface area contributed by atoms with Crippen LogP contribution in [0.5, 0.6) is 0 Å². The van der Waals surface area contributed by atoms with Crippen molar-refractivity contribution in [2.45, 2.75) is 19.5 Å². The number of benzene rings is 1. The summed E-state index contributed by atoms with van der Waals surface area (Å²) in [5.41, 5.74) is 1.69. The van der Waals surface area contributed by atoms with E-state index in [1.807, 2.05) is 60.1 Å². The summed E-state index contributed by atoms with van der Waals surface area (Å²) in [5, 5.41) is 15.2. The molecule has 7 nitrogen and oxygen atoms in total. The summed E-state index contributed by atoms with van der Waals surface area (Å²) in [6.45, 7) is 1.82. The highest BCUT2D eigenvalue weighted by Crippen LogP contribution is 2.26. The van der Waals surface area contributed by atoms with Crippen molar-refractivity contribution < 1.29 is 4.79 Å². The second-order valence-corrected chi connectivity index (χ2v) is 8.11. The van der Waals surface area contributed by atoms with Crippen molar-refractivity contribution >= 4 is 28.6 Å². The number of tetrazole rings is 1. The lowest BCUT2D eigenvalue weighted by Gasteiger charge is -2.18. The van der Waals surface area contributed by atoms with Gasteiger partial charge in [0.2, 0.25) is 5.91 Å². The van der Waals surface area contributed by atoms with Gasteiger partial charge in [0.05, 0.1) is 6.04 Å². The molecule has 4 rings (SSSR count). The van der Waals surface area contributed by atoms with Gasteiger partial charge in [-0.05, 0) is 51.9 Å². The molecule has 142 valence electrons. The Bertz CT molecular complexity index is 1110. The minimum absolute atomic E-state index is 0.196. The Morgan fingerprint density at radius 3 is 2.50 bits per heavy atom. The molecule has 0 saturated carbocycles. The molecule has 3 aromatic heterocycles. The average molecular weight is 412 g/mol. The number of aryl methyl sites for hydroxylation is 1. The first-order valence-corrected chi connectivity index (χ1v) is 10.3. The fourth-order valence-electron chi connectivity index (χ4n) is 2.78. The smallest absolute Gasteiger partial charge is 0.343 e. The van der Waals surface area contributed by atoms with Crippen molar-refractivity contribution in [3.63, 3.8) is 0 Å². The van der Waals surface area contributed by atoms with E-state index in [1.165, 1.54) is 16.0 Å². The molecule has 0 fully saturated rings. The second-order valence-electron chi connectivity index (χ2n) is 6.21. The lowest BCUT2D eigenvalue weighted by atomic mass is 10.0. The number of nitrogens with zero attached hydrogens (tertiary/aromatic N) is 4. The van der Waals surface area contributed by atoms with Gasteiger partial charge in [0.15, 0.2) is 0 Å². The van der Waals surface area contributed by atoms with Gasteiger partial charge in [-0.2, -0.15) is 9.36 Å². The average Bonchev–Trinajstić information content (AvgIpc) is 3.44. The summed E-state index contributed by atoms with van der Waals surface area (Å²) in [7, 11) is 0. The predicted octanol–water partition coefficient (Wildman–Crippen LogP) is 2.77. The number of hydrogen-bond donors (Lipinski definition) is 1. The molecular formula is C19H17N5O2S2. The minimum Gasteiger partial charge on any atom is -0.343 e. The molecule has 9 heteroatoms. The lowest BCUT2D eigenvalue weighted by Crippen LogP contribution is -2.35. The van der Waals surface area contributed by atoms with Crippen LogP contribution >= 0.6 is 22.7 Å². The van der Waals surface area contributed by atoms with Crippen LogP contribution in [0.1, 0.15) is 22.0 Å². The van der Waals surface area contributed by atoms with Crippen molar-refractivity contribution in [1.29, 1.82) is 0 Å². The van der Waals surface area contributed by atoms with Gasteiger partial charge in [0, 0.05) is 4.88 Å². The Morgan fingerprint density at radius 2 is 1.82 bits per heavy atom. The molecule has 1 aromatic carbocycles. The summed E-state index contributed by atoms with van der Waals surface area (Å²) in [5.74, 6) is -0.306. The van der Waals surface area contributed by atoms with E-state index in [0.29, 0.717) is 5.00 Å². The maximum absolute atomic E-state index is 12.7. The molecule has 1 amide bonds. The maximum Gasteiger partial charge on any atom is 0.369 e. The Hall–Kier alpha value is -3.04. The van der Waals surface area contributed by atoms with Gasteiger partial charge in [-0.15, -0.1) is 22.7 Å². The highest BCUT2D eigenvalue weighted by Gasteiger charge is 2.20. The Morgan fingerprint density at radius 1 is 1.07 bits per heavy atom. The Labute approximate surface area is 168 Å². The maximum atomic E-state index is 12.7. The number of thiophene rings is 2. The van der Waals surface area contributed by atoms with Crippen LogP contribution in [-0.2, 0) is 11.3 Å². The normalized spacial score (nSPS) is 12.0. The monoisotopic (exact) mass is 411 g/mol. The van der Waals surface area contributed by atoms with Gasteiger partial charge in [-0.25, -0.2) is 4.79 Å². The molecule has 0 spiro atoms. The van der Waals surface area contributed by atoms with Crippen LogP contribution in [0, 0.1) is 6.92 Å². The van der Waals surface area contributed by atoms with E-state index in [9.17, 15) is 9.59 Å². The van der Waals surface area contributed by atoms with Gasteiger partial charge in [-0.1, -0.05) is 35.9 Å². The molecule has 1 N–H and O–H groups in total. The molecule has 0 saturated heterocycles. The number of amides is 1. The second kappa shape index (κ2) is 7.91. The molecule has 0 aliphatic carbocycles. The summed E-state index contributed by atoms with van der Waals surface area (Å²) in [4.78, 5) is 26.1. The lowest BCUT2D eigenvalue weighted by molar-refractivity contribution is -0.122. The summed E-state index contributed by atoms with van der Waals surface area (Å²) < 4.78 is 2.25. The molecule has 1 atom stereocenters. The number of rotatable bonds is 6. The molecule has 0 bridgehead atoms. The first kappa shape index (κ1) is 18.3. The zero-order valence-corrected chi connectivity index (χ0v) is 16.6. The number of carbonyl (C=O) groups excluding carboxylic acids is 1. The molecule has 0 aliphatic rings.